The third kappa shape index (κ3) is 4.96. The van der Waals surface area contributed by atoms with Gasteiger partial charge in [0.05, 0.1) is 0 Å². The van der Waals surface area contributed by atoms with Gasteiger partial charge in [0.25, 0.3) is 5.91 Å². The normalized spacial score (nSPS) is 21.2. The van der Waals surface area contributed by atoms with Crippen molar-refractivity contribution in [1.29, 1.82) is 0 Å². The fourth-order valence-corrected chi connectivity index (χ4v) is 3.49. The molecule has 2 aliphatic rings. The van der Waals surface area contributed by atoms with Crippen LogP contribution in [0.5, 0.6) is 0 Å². The number of allylic oxidation sites excluding steroid dienone is 1. The van der Waals surface area contributed by atoms with Crippen LogP contribution in [0.2, 0.25) is 0 Å². The highest BCUT2D eigenvalue weighted by Gasteiger charge is 2.33. The second-order valence-corrected chi connectivity index (χ2v) is 8.17. The predicted molar refractivity (Wildman–Crippen MR) is 97.2 cm³/mol. The Morgan fingerprint density at radius 3 is 2.50 bits per heavy atom. The molecule has 2 rings (SSSR count). The predicted octanol–water partition coefficient (Wildman–Crippen LogP) is 3.74. The van der Waals surface area contributed by atoms with Crippen molar-refractivity contribution in [2.75, 3.05) is 19.6 Å². The summed E-state index contributed by atoms with van der Waals surface area (Å²) >= 11 is 0. The number of likely N-dealkylation sites (tertiary alicyclic amines) is 1. The smallest absolute Gasteiger partial charge is 0.251 e. The lowest BCUT2D eigenvalue weighted by molar-refractivity contribution is -0.130. The molecule has 0 spiro atoms. The Kier molecular flexibility index (Phi) is 6.25. The maximum Gasteiger partial charge on any atom is 0.251 e. The fourth-order valence-electron chi connectivity index (χ4n) is 3.49. The van der Waals surface area contributed by atoms with E-state index in [0.29, 0.717) is 23.7 Å². The van der Waals surface area contributed by atoms with Gasteiger partial charge in [-0.2, -0.15) is 0 Å². The number of carbonyl (C=O) groups is 2. The minimum absolute atomic E-state index is 0.0395. The van der Waals surface area contributed by atoms with Crippen LogP contribution in [0.4, 0.5) is 0 Å². The summed E-state index contributed by atoms with van der Waals surface area (Å²) in [6.45, 7) is 13.2. The molecule has 2 amide bonds. The average Bonchev–Trinajstić information content (AvgIpc) is 3.11. The zero-order chi connectivity index (χ0) is 17.7. The fraction of sp³-hybridized carbons (Fsp3) is 0.700. The highest BCUT2D eigenvalue weighted by molar-refractivity contribution is 5.92. The van der Waals surface area contributed by atoms with Gasteiger partial charge in [-0.3, -0.25) is 9.59 Å². The Morgan fingerprint density at radius 1 is 1.21 bits per heavy atom. The van der Waals surface area contributed by atoms with Gasteiger partial charge in [-0.15, -0.1) is 0 Å². The van der Waals surface area contributed by atoms with E-state index in [1.807, 2.05) is 0 Å². The van der Waals surface area contributed by atoms with Gasteiger partial charge in [-0.05, 0) is 36.7 Å². The summed E-state index contributed by atoms with van der Waals surface area (Å²) in [6, 6.07) is 0. The van der Waals surface area contributed by atoms with Gasteiger partial charge in [0.2, 0.25) is 5.91 Å². The summed E-state index contributed by atoms with van der Waals surface area (Å²) in [4.78, 5) is 27.6. The lowest BCUT2D eigenvalue weighted by Gasteiger charge is -2.27. The van der Waals surface area contributed by atoms with Gasteiger partial charge in [-0.25, -0.2) is 0 Å². The number of rotatable bonds is 7. The zero-order valence-corrected chi connectivity index (χ0v) is 15.5. The molecule has 0 radical (unpaired) electrons. The van der Waals surface area contributed by atoms with Crippen LogP contribution in [0.3, 0.4) is 0 Å². The van der Waals surface area contributed by atoms with Crippen LogP contribution >= 0.6 is 0 Å². The molecular weight excluding hydrogens is 300 g/mol. The molecule has 2 aliphatic heterocycles. The molecule has 24 heavy (non-hydrogen) atoms. The van der Waals surface area contributed by atoms with Crippen molar-refractivity contribution in [3.63, 3.8) is 0 Å². The van der Waals surface area contributed by atoms with E-state index in [1.54, 1.807) is 17.1 Å². The van der Waals surface area contributed by atoms with E-state index in [1.165, 1.54) is 0 Å². The van der Waals surface area contributed by atoms with E-state index in [0.717, 1.165) is 57.4 Å². The van der Waals surface area contributed by atoms with Crippen LogP contribution in [0.15, 0.2) is 24.4 Å². The topological polar surface area (TPSA) is 40.6 Å². The molecule has 0 bridgehead atoms. The van der Waals surface area contributed by atoms with Crippen LogP contribution in [-0.2, 0) is 9.59 Å². The monoisotopic (exact) mass is 332 g/mol. The van der Waals surface area contributed by atoms with Gasteiger partial charge in [0, 0.05) is 37.8 Å². The summed E-state index contributed by atoms with van der Waals surface area (Å²) in [5, 5.41) is 0. The summed E-state index contributed by atoms with van der Waals surface area (Å²) in [5.74, 6) is 0.979. The third-order valence-electron chi connectivity index (χ3n) is 5.32. The zero-order valence-electron chi connectivity index (χ0n) is 15.5. The molecular formula is C20H32N2O2. The molecule has 0 aliphatic carbocycles. The lowest BCUT2D eigenvalue weighted by atomic mass is 9.80. The Balaban J connectivity index is 1.56. The van der Waals surface area contributed by atoms with Crippen LogP contribution < -0.4 is 0 Å². The number of hydrogen-bond donors (Lipinski definition) is 0. The quantitative estimate of drug-likeness (QED) is 0.666. The summed E-state index contributed by atoms with van der Waals surface area (Å²) in [7, 11) is 0. The molecule has 4 heteroatoms. The Bertz CT molecular complexity index is 498. The van der Waals surface area contributed by atoms with Gasteiger partial charge >= 0.3 is 0 Å². The SMILES string of the molecule is C=C1C=CC(=O)N1CCCCCCC(=O)N1CCC(C(C)(C)C)C1. The molecule has 134 valence electrons. The van der Waals surface area contributed by atoms with E-state index in [-0.39, 0.29) is 5.91 Å². The summed E-state index contributed by atoms with van der Waals surface area (Å²) < 4.78 is 0. The van der Waals surface area contributed by atoms with Gasteiger partial charge in [0.15, 0.2) is 0 Å². The van der Waals surface area contributed by atoms with Crippen LogP contribution in [0.25, 0.3) is 0 Å². The largest absolute Gasteiger partial charge is 0.342 e. The number of unbranched alkanes of at least 4 members (excludes halogenated alkanes) is 3. The van der Waals surface area contributed by atoms with Crippen molar-refractivity contribution >= 4 is 11.8 Å². The molecule has 1 unspecified atom stereocenters. The molecule has 1 atom stereocenters. The van der Waals surface area contributed by atoms with Crippen molar-refractivity contribution < 1.29 is 9.59 Å². The molecule has 2 heterocycles. The van der Waals surface area contributed by atoms with E-state index in [4.69, 9.17) is 0 Å². The minimum Gasteiger partial charge on any atom is -0.342 e. The number of carbonyl (C=O) groups excluding carboxylic acids is 2. The molecule has 0 aromatic heterocycles. The van der Waals surface area contributed by atoms with Crippen molar-refractivity contribution in [1.82, 2.24) is 9.80 Å². The first kappa shape index (κ1) is 18.8. The molecule has 0 aromatic rings. The first-order valence-electron chi connectivity index (χ1n) is 9.25. The van der Waals surface area contributed by atoms with Gasteiger partial charge in [0.1, 0.15) is 0 Å². The highest BCUT2D eigenvalue weighted by atomic mass is 16.2. The van der Waals surface area contributed by atoms with Crippen molar-refractivity contribution in [2.45, 2.75) is 59.3 Å². The van der Waals surface area contributed by atoms with E-state index in [2.05, 4.69) is 32.3 Å². The lowest BCUT2D eigenvalue weighted by Crippen LogP contribution is -2.30. The Labute approximate surface area is 146 Å². The van der Waals surface area contributed by atoms with Gasteiger partial charge in [-0.1, -0.05) is 40.2 Å². The Morgan fingerprint density at radius 2 is 1.92 bits per heavy atom. The van der Waals surface area contributed by atoms with E-state index >= 15 is 0 Å². The molecule has 1 fully saturated rings. The molecule has 0 aromatic carbocycles. The van der Waals surface area contributed by atoms with Crippen molar-refractivity contribution in [2.24, 2.45) is 11.3 Å². The first-order chi connectivity index (χ1) is 11.3. The first-order valence-corrected chi connectivity index (χ1v) is 9.25. The number of amides is 2. The minimum atomic E-state index is 0.0395. The highest BCUT2D eigenvalue weighted by Crippen LogP contribution is 2.33. The number of nitrogens with zero attached hydrogens (tertiary/aromatic N) is 2. The van der Waals surface area contributed by atoms with Gasteiger partial charge < -0.3 is 9.80 Å². The van der Waals surface area contributed by atoms with Crippen molar-refractivity contribution in [3.8, 4) is 0 Å². The van der Waals surface area contributed by atoms with Crippen LogP contribution in [0.1, 0.15) is 59.3 Å². The third-order valence-corrected chi connectivity index (χ3v) is 5.32. The maximum absolute atomic E-state index is 12.3. The van der Waals surface area contributed by atoms with E-state index in [9.17, 15) is 9.59 Å². The maximum atomic E-state index is 12.3. The van der Waals surface area contributed by atoms with Crippen molar-refractivity contribution in [3.05, 3.63) is 24.4 Å². The second-order valence-electron chi connectivity index (χ2n) is 8.17. The average molecular weight is 332 g/mol. The second kappa shape index (κ2) is 8.00. The number of hydrogen-bond acceptors (Lipinski definition) is 2. The molecule has 0 N–H and O–H groups in total. The standard InChI is InChI=1S/C20H32N2O2/c1-16-10-11-19(24)22(16)13-8-6-5-7-9-18(23)21-14-12-17(15-21)20(2,3)4/h10-11,17H,1,5-9,12-15H2,2-4H3. The molecule has 1 saturated heterocycles. The summed E-state index contributed by atoms with van der Waals surface area (Å²) in [5.41, 5.74) is 1.08. The molecule has 0 saturated carbocycles. The summed E-state index contributed by atoms with van der Waals surface area (Å²) in [6.07, 6.45) is 9.15. The molecule has 4 nitrogen and oxygen atoms in total. The Hall–Kier alpha value is -1.58. The van der Waals surface area contributed by atoms with Crippen LogP contribution in [-0.4, -0.2) is 41.2 Å². The van der Waals surface area contributed by atoms with Crippen LogP contribution in [0, 0.1) is 11.3 Å². The van der Waals surface area contributed by atoms with E-state index < -0.39 is 0 Å².